The summed E-state index contributed by atoms with van der Waals surface area (Å²) in [6, 6.07) is 14.2. The van der Waals surface area contributed by atoms with E-state index in [1.807, 2.05) is 36.7 Å². The SMILES string of the molecule is COc1cc(OCc2csc(-c3ccc(CN(C)C)cc3)n2)c2cc(-c3cn4nc(C)sc4n3)oc2c1. The third-order valence-corrected chi connectivity index (χ3v) is 7.61. The van der Waals surface area contributed by atoms with E-state index >= 15 is 0 Å². The van der Waals surface area contributed by atoms with Gasteiger partial charge in [0.1, 0.15) is 39.4 Å². The van der Waals surface area contributed by atoms with E-state index in [4.69, 9.17) is 18.9 Å². The van der Waals surface area contributed by atoms with Crippen LogP contribution in [0.3, 0.4) is 0 Å². The van der Waals surface area contributed by atoms with Gasteiger partial charge in [-0.15, -0.1) is 11.3 Å². The van der Waals surface area contributed by atoms with Gasteiger partial charge in [-0.1, -0.05) is 35.6 Å². The summed E-state index contributed by atoms with van der Waals surface area (Å²) < 4.78 is 19.6. The number of nitrogens with zero attached hydrogens (tertiary/aromatic N) is 5. The van der Waals surface area contributed by atoms with Gasteiger partial charge in [0.25, 0.3) is 0 Å². The summed E-state index contributed by atoms with van der Waals surface area (Å²) in [7, 11) is 5.77. The molecule has 6 aromatic rings. The van der Waals surface area contributed by atoms with Crippen LogP contribution in [-0.2, 0) is 13.2 Å². The van der Waals surface area contributed by atoms with E-state index in [-0.39, 0.29) is 0 Å². The van der Waals surface area contributed by atoms with Crippen LogP contribution >= 0.6 is 22.7 Å². The van der Waals surface area contributed by atoms with Crippen LogP contribution < -0.4 is 9.47 Å². The van der Waals surface area contributed by atoms with Crippen molar-refractivity contribution in [3.8, 4) is 33.5 Å². The Hall–Kier alpha value is -3.73. The summed E-state index contributed by atoms with van der Waals surface area (Å²) in [6.07, 6.45) is 1.87. The van der Waals surface area contributed by atoms with Gasteiger partial charge in [0, 0.05) is 29.6 Å². The molecule has 0 spiro atoms. The van der Waals surface area contributed by atoms with Gasteiger partial charge in [-0.25, -0.2) is 14.5 Å². The molecule has 0 unspecified atom stereocenters. The Morgan fingerprint density at radius 1 is 1.08 bits per heavy atom. The van der Waals surface area contributed by atoms with Gasteiger partial charge in [0.2, 0.25) is 4.96 Å². The number of hydrogen-bond acceptors (Lipinski definition) is 9. The van der Waals surface area contributed by atoms with Crippen LogP contribution in [0.1, 0.15) is 16.3 Å². The highest BCUT2D eigenvalue weighted by Gasteiger charge is 2.17. The molecule has 188 valence electrons. The van der Waals surface area contributed by atoms with Crippen molar-refractivity contribution in [3.05, 3.63) is 70.3 Å². The zero-order valence-electron chi connectivity index (χ0n) is 20.9. The van der Waals surface area contributed by atoms with Crippen LogP contribution in [0.4, 0.5) is 0 Å². The number of benzene rings is 2. The maximum Gasteiger partial charge on any atom is 0.212 e. The summed E-state index contributed by atoms with van der Waals surface area (Å²) in [4.78, 5) is 12.4. The number of aryl methyl sites for hydroxylation is 1. The molecule has 0 aliphatic rings. The highest BCUT2D eigenvalue weighted by molar-refractivity contribution is 7.16. The van der Waals surface area contributed by atoms with Gasteiger partial charge in [-0.2, -0.15) is 5.10 Å². The number of fused-ring (bicyclic) bond motifs is 2. The zero-order chi connectivity index (χ0) is 25.5. The van der Waals surface area contributed by atoms with Crippen molar-refractivity contribution in [1.82, 2.24) is 24.5 Å². The first-order chi connectivity index (χ1) is 17.9. The Bertz CT molecular complexity index is 1660. The van der Waals surface area contributed by atoms with Gasteiger partial charge < -0.3 is 18.8 Å². The molecule has 8 nitrogen and oxygen atoms in total. The number of rotatable bonds is 8. The zero-order valence-corrected chi connectivity index (χ0v) is 22.5. The van der Waals surface area contributed by atoms with Gasteiger partial charge in [-0.05, 0) is 32.6 Å². The molecule has 0 saturated carbocycles. The molecule has 4 aromatic heterocycles. The lowest BCUT2D eigenvalue weighted by atomic mass is 10.1. The van der Waals surface area contributed by atoms with Crippen LogP contribution in [0.2, 0.25) is 0 Å². The number of ether oxygens (including phenoxy) is 2. The van der Waals surface area contributed by atoms with Crippen molar-refractivity contribution in [1.29, 1.82) is 0 Å². The monoisotopic (exact) mass is 531 g/mol. The molecular weight excluding hydrogens is 506 g/mol. The molecule has 0 fully saturated rings. The normalized spacial score (nSPS) is 11.7. The maximum absolute atomic E-state index is 6.23. The fraction of sp³-hybridized carbons (Fsp3) is 0.222. The Morgan fingerprint density at radius 2 is 1.92 bits per heavy atom. The lowest BCUT2D eigenvalue weighted by molar-refractivity contribution is 0.303. The molecule has 37 heavy (non-hydrogen) atoms. The molecule has 0 aliphatic heterocycles. The fourth-order valence-corrected chi connectivity index (χ4v) is 5.67. The number of hydrogen-bond donors (Lipinski definition) is 0. The molecule has 2 aromatic carbocycles. The summed E-state index contributed by atoms with van der Waals surface area (Å²) in [6.45, 7) is 3.21. The van der Waals surface area contributed by atoms with E-state index in [9.17, 15) is 0 Å². The summed E-state index contributed by atoms with van der Waals surface area (Å²) in [5.41, 5.74) is 4.64. The topological polar surface area (TPSA) is 77.9 Å². The Labute approximate surface area is 221 Å². The molecule has 0 bridgehead atoms. The van der Waals surface area contributed by atoms with Crippen molar-refractivity contribution >= 4 is 38.6 Å². The first kappa shape index (κ1) is 23.7. The van der Waals surface area contributed by atoms with Crippen molar-refractivity contribution in [3.63, 3.8) is 0 Å². The lowest BCUT2D eigenvalue weighted by Gasteiger charge is -2.09. The van der Waals surface area contributed by atoms with Crippen LogP contribution in [0.5, 0.6) is 11.5 Å². The first-order valence-corrected chi connectivity index (χ1v) is 13.4. The Kier molecular flexibility index (Phi) is 6.15. The average Bonchev–Trinajstić information content (AvgIpc) is 3.65. The molecule has 0 saturated heterocycles. The fourth-order valence-electron chi connectivity index (χ4n) is 4.14. The summed E-state index contributed by atoms with van der Waals surface area (Å²) >= 11 is 3.15. The largest absolute Gasteiger partial charge is 0.496 e. The van der Waals surface area contributed by atoms with E-state index < -0.39 is 0 Å². The van der Waals surface area contributed by atoms with E-state index in [2.05, 4.69) is 53.3 Å². The predicted octanol–water partition coefficient (Wildman–Crippen LogP) is 6.29. The molecule has 0 atom stereocenters. The number of thiazole rings is 1. The van der Waals surface area contributed by atoms with E-state index in [1.54, 1.807) is 23.0 Å². The van der Waals surface area contributed by atoms with E-state index in [1.165, 1.54) is 16.9 Å². The smallest absolute Gasteiger partial charge is 0.212 e. The summed E-state index contributed by atoms with van der Waals surface area (Å²) in [5.74, 6) is 1.97. The van der Waals surface area contributed by atoms with Crippen molar-refractivity contribution in [2.75, 3.05) is 21.2 Å². The quantitative estimate of drug-likeness (QED) is 0.229. The minimum atomic E-state index is 0.335. The highest BCUT2D eigenvalue weighted by Crippen LogP contribution is 2.37. The number of methoxy groups -OCH3 is 1. The molecule has 0 radical (unpaired) electrons. The predicted molar refractivity (Wildman–Crippen MR) is 147 cm³/mol. The molecular formula is C27H25N5O3S2. The van der Waals surface area contributed by atoms with Gasteiger partial charge >= 0.3 is 0 Å². The van der Waals surface area contributed by atoms with Gasteiger partial charge in [-0.3, -0.25) is 0 Å². The second-order valence-electron chi connectivity index (χ2n) is 8.99. The second kappa shape index (κ2) is 9.62. The molecule has 0 amide bonds. The third kappa shape index (κ3) is 4.83. The maximum atomic E-state index is 6.23. The van der Waals surface area contributed by atoms with Crippen LogP contribution in [0.15, 0.2) is 58.5 Å². The molecule has 10 heteroatoms. The highest BCUT2D eigenvalue weighted by atomic mass is 32.1. The van der Waals surface area contributed by atoms with Crippen LogP contribution in [0, 0.1) is 6.92 Å². The molecule has 0 aliphatic carbocycles. The van der Waals surface area contributed by atoms with Crippen LogP contribution in [-0.4, -0.2) is 45.7 Å². The van der Waals surface area contributed by atoms with Crippen molar-refractivity contribution in [2.45, 2.75) is 20.1 Å². The van der Waals surface area contributed by atoms with Gasteiger partial charge in [0.05, 0.1) is 24.4 Å². The molecule has 0 N–H and O–H groups in total. The minimum absolute atomic E-state index is 0.335. The van der Waals surface area contributed by atoms with Crippen LogP contribution in [0.25, 0.3) is 38.0 Å². The van der Waals surface area contributed by atoms with E-state index in [0.717, 1.165) is 43.9 Å². The summed E-state index contributed by atoms with van der Waals surface area (Å²) in [5, 5.41) is 9.26. The second-order valence-corrected chi connectivity index (χ2v) is 11.0. The number of imidazole rings is 1. The Morgan fingerprint density at radius 3 is 2.68 bits per heavy atom. The number of aromatic nitrogens is 4. The standard InChI is InChI=1S/C27H25N5O3S2/c1-16-30-32-13-22(29-27(32)37-16)25-11-21-23(9-20(33-4)10-24(21)35-25)34-14-19-15-36-26(28-19)18-7-5-17(6-8-18)12-31(2)3/h5-11,13,15H,12,14H2,1-4H3. The third-order valence-electron chi connectivity index (χ3n) is 5.83. The Balaban J connectivity index is 1.23. The molecule has 4 heterocycles. The lowest BCUT2D eigenvalue weighted by Crippen LogP contribution is -2.10. The van der Waals surface area contributed by atoms with Crippen molar-refractivity contribution < 1.29 is 13.9 Å². The minimum Gasteiger partial charge on any atom is -0.496 e. The first-order valence-electron chi connectivity index (χ1n) is 11.7. The average molecular weight is 532 g/mol. The van der Waals surface area contributed by atoms with Gasteiger partial charge in [0.15, 0.2) is 5.76 Å². The van der Waals surface area contributed by atoms with E-state index in [0.29, 0.717) is 29.4 Å². The molecule has 6 rings (SSSR count). The number of furan rings is 1. The van der Waals surface area contributed by atoms with Crippen molar-refractivity contribution in [2.24, 2.45) is 0 Å².